The SMILES string of the molecule is c1ccc(CCN2CCCNCCC2)cc1. The molecule has 0 aliphatic carbocycles. The summed E-state index contributed by atoms with van der Waals surface area (Å²) >= 11 is 0. The van der Waals surface area contributed by atoms with E-state index >= 15 is 0 Å². The highest BCUT2D eigenvalue weighted by molar-refractivity contribution is 5.14. The van der Waals surface area contributed by atoms with Crippen molar-refractivity contribution < 1.29 is 0 Å². The smallest absolute Gasteiger partial charge is 0.00218 e. The Morgan fingerprint density at radius 3 is 2.38 bits per heavy atom. The zero-order chi connectivity index (χ0) is 11.1. The Morgan fingerprint density at radius 2 is 1.69 bits per heavy atom. The molecule has 1 aliphatic heterocycles. The van der Waals surface area contributed by atoms with Gasteiger partial charge < -0.3 is 10.2 Å². The van der Waals surface area contributed by atoms with E-state index in [2.05, 4.69) is 40.5 Å². The molecule has 1 aliphatic rings. The fraction of sp³-hybridized carbons (Fsp3) is 0.571. The zero-order valence-electron chi connectivity index (χ0n) is 9.99. The van der Waals surface area contributed by atoms with Gasteiger partial charge in [0.15, 0.2) is 0 Å². The Balaban J connectivity index is 1.75. The van der Waals surface area contributed by atoms with Gasteiger partial charge in [0.2, 0.25) is 0 Å². The first-order chi connectivity index (χ1) is 7.95. The predicted octanol–water partition coefficient (Wildman–Crippen LogP) is 1.91. The van der Waals surface area contributed by atoms with Gasteiger partial charge in [-0.25, -0.2) is 0 Å². The van der Waals surface area contributed by atoms with Gasteiger partial charge in [0.1, 0.15) is 0 Å². The third-order valence-electron chi connectivity index (χ3n) is 3.22. The second kappa shape index (κ2) is 6.66. The molecule has 0 radical (unpaired) electrons. The molecule has 0 saturated carbocycles. The monoisotopic (exact) mass is 218 g/mol. The summed E-state index contributed by atoms with van der Waals surface area (Å²) in [5, 5.41) is 3.45. The van der Waals surface area contributed by atoms with Crippen molar-refractivity contribution >= 4 is 0 Å². The van der Waals surface area contributed by atoms with E-state index in [4.69, 9.17) is 0 Å². The van der Waals surface area contributed by atoms with Crippen LogP contribution in [-0.4, -0.2) is 37.6 Å². The fourth-order valence-corrected chi connectivity index (χ4v) is 2.25. The number of hydrogen-bond donors (Lipinski definition) is 1. The molecular weight excluding hydrogens is 196 g/mol. The van der Waals surface area contributed by atoms with Gasteiger partial charge in [-0.05, 0) is 51.0 Å². The summed E-state index contributed by atoms with van der Waals surface area (Å²) < 4.78 is 0. The average Bonchev–Trinajstić information content (AvgIpc) is 2.29. The third-order valence-corrected chi connectivity index (χ3v) is 3.22. The van der Waals surface area contributed by atoms with Crippen LogP contribution in [-0.2, 0) is 6.42 Å². The van der Waals surface area contributed by atoms with Crippen molar-refractivity contribution in [3.63, 3.8) is 0 Å². The minimum atomic E-state index is 1.18. The topological polar surface area (TPSA) is 15.3 Å². The van der Waals surface area contributed by atoms with Crippen molar-refractivity contribution in [1.82, 2.24) is 10.2 Å². The minimum absolute atomic E-state index is 1.18. The van der Waals surface area contributed by atoms with Gasteiger partial charge in [0.25, 0.3) is 0 Å². The number of benzene rings is 1. The van der Waals surface area contributed by atoms with Gasteiger partial charge in [-0.1, -0.05) is 30.3 Å². The molecule has 0 atom stereocenters. The number of hydrogen-bond acceptors (Lipinski definition) is 2. The lowest BCUT2D eigenvalue weighted by atomic mass is 10.1. The first-order valence-corrected chi connectivity index (χ1v) is 6.42. The lowest BCUT2D eigenvalue weighted by Gasteiger charge is -2.24. The number of nitrogens with one attached hydrogen (secondary N) is 1. The van der Waals surface area contributed by atoms with E-state index in [-0.39, 0.29) is 0 Å². The highest BCUT2D eigenvalue weighted by atomic mass is 15.1. The van der Waals surface area contributed by atoms with Crippen LogP contribution in [0.5, 0.6) is 0 Å². The van der Waals surface area contributed by atoms with Gasteiger partial charge >= 0.3 is 0 Å². The van der Waals surface area contributed by atoms with E-state index in [0.717, 1.165) is 0 Å². The lowest BCUT2D eigenvalue weighted by molar-refractivity contribution is 0.255. The third kappa shape index (κ3) is 3.95. The Bertz CT molecular complexity index is 276. The quantitative estimate of drug-likeness (QED) is 0.834. The van der Waals surface area contributed by atoms with Crippen molar-refractivity contribution in [1.29, 1.82) is 0 Å². The van der Waals surface area contributed by atoms with E-state index in [0.29, 0.717) is 0 Å². The summed E-state index contributed by atoms with van der Waals surface area (Å²) in [6.45, 7) is 6.08. The summed E-state index contributed by atoms with van der Waals surface area (Å²) in [4.78, 5) is 2.60. The molecule has 0 bridgehead atoms. The first-order valence-electron chi connectivity index (χ1n) is 6.42. The second-order valence-electron chi connectivity index (χ2n) is 4.53. The van der Waals surface area contributed by atoms with Crippen LogP contribution in [0.2, 0.25) is 0 Å². The average molecular weight is 218 g/mol. The van der Waals surface area contributed by atoms with Crippen LogP contribution in [0, 0.1) is 0 Å². The highest BCUT2D eigenvalue weighted by Crippen LogP contribution is 2.03. The Morgan fingerprint density at radius 1 is 1.00 bits per heavy atom. The van der Waals surface area contributed by atoms with Crippen molar-refractivity contribution in [2.75, 3.05) is 32.7 Å². The van der Waals surface area contributed by atoms with Gasteiger partial charge in [0, 0.05) is 6.54 Å². The molecule has 1 heterocycles. The van der Waals surface area contributed by atoms with Gasteiger partial charge in [0.05, 0.1) is 0 Å². The molecule has 0 aromatic heterocycles. The molecule has 0 amide bonds. The lowest BCUT2D eigenvalue weighted by Crippen LogP contribution is -2.35. The van der Waals surface area contributed by atoms with Crippen LogP contribution in [0.3, 0.4) is 0 Å². The van der Waals surface area contributed by atoms with Crippen LogP contribution in [0.15, 0.2) is 30.3 Å². The Hall–Kier alpha value is -0.860. The number of nitrogens with zero attached hydrogens (tertiary/aromatic N) is 1. The summed E-state index contributed by atoms with van der Waals surface area (Å²) in [5.74, 6) is 0. The standard InChI is InChI=1S/C14H22N2/c1-2-6-14(7-3-1)8-13-16-11-4-9-15-10-5-12-16/h1-3,6-7,15H,4-5,8-13H2. The van der Waals surface area contributed by atoms with Crippen LogP contribution in [0.25, 0.3) is 0 Å². The molecule has 2 heteroatoms. The number of rotatable bonds is 3. The molecule has 88 valence electrons. The van der Waals surface area contributed by atoms with E-state index in [1.807, 2.05) is 0 Å². The van der Waals surface area contributed by atoms with Crippen LogP contribution in [0.4, 0.5) is 0 Å². The molecule has 1 aromatic carbocycles. The molecule has 16 heavy (non-hydrogen) atoms. The van der Waals surface area contributed by atoms with E-state index in [1.165, 1.54) is 57.5 Å². The summed E-state index contributed by atoms with van der Waals surface area (Å²) in [5.41, 5.74) is 1.46. The highest BCUT2D eigenvalue weighted by Gasteiger charge is 2.07. The molecule has 2 rings (SSSR count). The normalized spacial score (nSPS) is 19.0. The molecule has 0 spiro atoms. The maximum atomic E-state index is 3.45. The summed E-state index contributed by atoms with van der Waals surface area (Å²) in [6.07, 6.45) is 3.76. The maximum Gasteiger partial charge on any atom is 0.00218 e. The van der Waals surface area contributed by atoms with E-state index in [1.54, 1.807) is 0 Å². The molecule has 1 N–H and O–H groups in total. The van der Waals surface area contributed by atoms with Crippen LogP contribution >= 0.6 is 0 Å². The van der Waals surface area contributed by atoms with E-state index in [9.17, 15) is 0 Å². The Kier molecular flexibility index (Phi) is 4.84. The van der Waals surface area contributed by atoms with Crippen LogP contribution in [0.1, 0.15) is 18.4 Å². The van der Waals surface area contributed by atoms with Gasteiger partial charge in [-0.3, -0.25) is 0 Å². The molecule has 1 aromatic rings. The fourth-order valence-electron chi connectivity index (χ4n) is 2.25. The molecule has 0 unspecified atom stereocenters. The summed E-state index contributed by atoms with van der Waals surface area (Å²) in [6, 6.07) is 10.8. The van der Waals surface area contributed by atoms with Gasteiger partial charge in [-0.15, -0.1) is 0 Å². The van der Waals surface area contributed by atoms with Crippen molar-refractivity contribution in [2.24, 2.45) is 0 Å². The van der Waals surface area contributed by atoms with E-state index < -0.39 is 0 Å². The van der Waals surface area contributed by atoms with Crippen molar-refractivity contribution in [3.8, 4) is 0 Å². The second-order valence-corrected chi connectivity index (χ2v) is 4.53. The maximum absolute atomic E-state index is 3.45. The minimum Gasteiger partial charge on any atom is -0.317 e. The summed E-state index contributed by atoms with van der Waals surface area (Å²) in [7, 11) is 0. The first kappa shape index (κ1) is 11.6. The Labute approximate surface area is 98.7 Å². The molecule has 2 nitrogen and oxygen atoms in total. The molecule has 1 saturated heterocycles. The van der Waals surface area contributed by atoms with Crippen molar-refractivity contribution in [2.45, 2.75) is 19.3 Å². The molecule has 1 fully saturated rings. The predicted molar refractivity (Wildman–Crippen MR) is 68.7 cm³/mol. The van der Waals surface area contributed by atoms with Crippen molar-refractivity contribution in [3.05, 3.63) is 35.9 Å². The van der Waals surface area contributed by atoms with Crippen LogP contribution < -0.4 is 5.32 Å². The largest absolute Gasteiger partial charge is 0.317 e. The van der Waals surface area contributed by atoms with Gasteiger partial charge in [-0.2, -0.15) is 0 Å². The zero-order valence-corrected chi connectivity index (χ0v) is 9.99. The molecular formula is C14H22N2.